The maximum Gasteiger partial charge on any atom is 1.00 e. The molecule has 0 aliphatic carbocycles. The van der Waals surface area contributed by atoms with E-state index in [-0.39, 0.29) is 39.8 Å². The Morgan fingerprint density at radius 2 is 2.25 bits per heavy atom. The van der Waals surface area contributed by atoms with Gasteiger partial charge in [-0.3, -0.25) is 0 Å². The molecule has 0 spiro atoms. The molecule has 12 heavy (non-hydrogen) atoms. The van der Waals surface area contributed by atoms with E-state index in [0.29, 0.717) is 4.73 Å². The van der Waals surface area contributed by atoms with Crippen LogP contribution >= 0.6 is 12.2 Å². The van der Waals surface area contributed by atoms with Crippen molar-refractivity contribution in [3.05, 3.63) is 28.5 Å². The van der Waals surface area contributed by atoms with Gasteiger partial charge in [0.25, 0.3) is 0 Å². The summed E-state index contributed by atoms with van der Waals surface area (Å²) in [6.07, 6.45) is 1.24. The second kappa shape index (κ2) is 4.61. The zero-order valence-corrected chi connectivity index (χ0v) is 9.17. The quantitative estimate of drug-likeness (QED) is 0.290. The zero-order valence-electron chi connectivity index (χ0n) is 6.35. The van der Waals surface area contributed by atoms with E-state index in [1.165, 1.54) is 18.3 Å². The molecule has 0 aliphatic heterocycles. The van der Waals surface area contributed by atoms with E-state index in [1.54, 1.807) is 0 Å². The first kappa shape index (κ1) is 11.6. The van der Waals surface area contributed by atoms with Crippen molar-refractivity contribution < 1.29 is 44.7 Å². The standard InChI is InChI=1S/C6H5NO3S.Na/c8-6(9)4-2-1-3-7(10)5(4)11;/h1-3,10H,(H,8,9);/q;+1/p-1. The third-order valence-corrected chi connectivity index (χ3v) is 1.56. The smallest absolute Gasteiger partial charge is 0.545 e. The Morgan fingerprint density at radius 1 is 1.67 bits per heavy atom. The van der Waals surface area contributed by atoms with Crippen molar-refractivity contribution in [1.82, 2.24) is 4.73 Å². The molecule has 0 aromatic carbocycles. The number of nitrogens with zero attached hydrogens (tertiary/aromatic N) is 1. The molecule has 0 atom stereocenters. The first-order valence-electron chi connectivity index (χ1n) is 2.75. The number of pyridine rings is 1. The Balaban J connectivity index is 0.00000121. The maximum absolute atomic E-state index is 10.3. The summed E-state index contributed by atoms with van der Waals surface area (Å²) in [4.78, 5) is 10.3. The summed E-state index contributed by atoms with van der Waals surface area (Å²) in [6.45, 7) is 0. The molecule has 0 bridgehead atoms. The minimum absolute atomic E-state index is 0. The van der Waals surface area contributed by atoms with Crippen molar-refractivity contribution >= 4 is 18.2 Å². The predicted molar refractivity (Wildman–Crippen MR) is 36.8 cm³/mol. The molecule has 1 heterocycles. The van der Waals surface area contributed by atoms with Crippen LogP contribution in [0.15, 0.2) is 18.3 Å². The van der Waals surface area contributed by atoms with Gasteiger partial charge in [-0.1, -0.05) is 12.2 Å². The van der Waals surface area contributed by atoms with Gasteiger partial charge in [0.15, 0.2) is 4.64 Å². The summed E-state index contributed by atoms with van der Waals surface area (Å²) in [5.74, 6) is -1.39. The second-order valence-corrected chi connectivity index (χ2v) is 2.25. The number of hydrogen-bond acceptors (Lipinski definition) is 4. The largest absolute Gasteiger partial charge is 1.00 e. The number of rotatable bonds is 1. The van der Waals surface area contributed by atoms with Gasteiger partial charge in [-0.2, -0.15) is 4.73 Å². The van der Waals surface area contributed by atoms with Crippen molar-refractivity contribution in [1.29, 1.82) is 0 Å². The maximum atomic E-state index is 10.3. The molecule has 0 aliphatic rings. The Morgan fingerprint density at radius 3 is 2.67 bits per heavy atom. The van der Waals surface area contributed by atoms with Crippen LogP contribution in [0.3, 0.4) is 0 Å². The van der Waals surface area contributed by atoms with Gasteiger partial charge in [0.05, 0.1) is 5.97 Å². The fraction of sp³-hybridized carbons (Fsp3) is 0. The van der Waals surface area contributed by atoms with Crippen molar-refractivity contribution in [2.45, 2.75) is 0 Å². The Bertz CT molecular complexity index is 349. The minimum atomic E-state index is -1.39. The Kier molecular flexibility index (Phi) is 4.47. The molecular formula is C6H4NNaO3S. The molecule has 0 unspecified atom stereocenters. The van der Waals surface area contributed by atoms with Gasteiger partial charge >= 0.3 is 29.6 Å². The van der Waals surface area contributed by atoms with Gasteiger partial charge in [0, 0.05) is 11.8 Å². The average molecular weight is 193 g/mol. The van der Waals surface area contributed by atoms with Crippen LogP contribution in [-0.2, 0) is 0 Å². The molecule has 0 saturated heterocycles. The first-order valence-corrected chi connectivity index (χ1v) is 3.16. The number of carboxylic acids is 1. The van der Waals surface area contributed by atoms with E-state index in [0.717, 1.165) is 0 Å². The number of aromatic nitrogens is 1. The molecule has 1 aromatic heterocycles. The fourth-order valence-corrected chi connectivity index (χ4v) is 0.851. The molecule has 1 aromatic rings. The van der Waals surface area contributed by atoms with Gasteiger partial charge in [-0.05, 0) is 12.1 Å². The molecule has 4 nitrogen and oxygen atoms in total. The van der Waals surface area contributed by atoms with Crippen molar-refractivity contribution in [2.75, 3.05) is 0 Å². The summed E-state index contributed by atoms with van der Waals surface area (Å²) in [5.41, 5.74) is -0.190. The topological polar surface area (TPSA) is 65.3 Å². The SMILES string of the molecule is O=C([O-])c1cccn(O)c1=S.[Na+]. The number of carbonyl (C=O) groups excluding carboxylic acids is 1. The summed E-state index contributed by atoms with van der Waals surface area (Å²) in [5, 5.41) is 19.1. The van der Waals surface area contributed by atoms with Gasteiger partial charge < -0.3 is 15.1 Å². The van der Waals surface area contributed by atoms with E-state index in [4.69, 9.17) is 5.21 Å². The predicted octanol–water partition coefficient (Wildman–Crippen LogP) is -3.18. The first-order chi connectivity index (χ1) is 5.13. The fourth-order valence-electron chi connectivity index (χ4n) is 0.639. The third kappa shape index (κ3) is 2.31. The van der Waals surface area contributed by atoms with Crippen LogP contribution in [0, 0.1) is 4.64 Å². The van der Waals surface area contributed by atoms with Crippen LogP contribution in [0.2, 0.25) is 0 Å². The van der Waals surface area contributed by atoms with E-state index >= 15 is 0 Å². The monoisotopic (exact) mass is 193 g/mol. The summed E-state index contributed by atoms with van der Waals surface area (Å²) in [7, 11) is 0. The van der Waals surface area contributed by atoms with E-state index in [1.807, 2.05) is 0 Å². The van der Waals surface area contributed by atoms with Gasteiger partial charge in [0.1, 0.15) is 0 Å². The van der Waals surface area contributed by atoms with E-state index in [9.17, 15) is 9.90 Å². The molecule has 0 fully saturated rings. The number of hydrogen-bond donors (Lipinski definition) is 1. The summed E-state index contributed by atoms with van der Waals surface area (Å²) >= 11 is 4.56. The van der Waals surface area contributed by atoms with Gasteiger partial charge in [-0.25, -0.2) is 0 Å². The Labute approximate surface area is 95.7 Å². The molecular weight excluding hydrogens is 189 g/mol. The summed E-state index contributed by atoms with van der Waals surface area (Å²) in [6, 6.07) is 2.63. The zero-order chi connectivity index (χ0) is 8.43. The number of carboxylic acid groups (broad SMARTS) is 1. The normalized spacial score (nSPS) is 8.67. The van der Waals surface area contributed by atoms with Crippen LogP contribution in [0.1, 0.15) is 10.4 Å². The molecule has 6 heteroatoms. The third-order valence-electron chi connectivity index (χ3n) is 1.15. The van der Waals surface area contributed by atoms with Gasteiger partial charge in [0.2, 0.25) is 0 Å². The molecule has 58 valence electrons. The van der Waals surface area contributed by atoms with Crippen LogP contribution < -0.4 is 34.7 Å². The van der Waals surface area contributed by atoms with Crippen molar-refractivity contribution in [2.24, 2.45) is 0 Å². The van der Waals surface area contributed by atoms with Crippen LogP contribution in [-0.4, -0.2) is 15.9 Å². The molecule has 1 N–H and O–H groups in total. The van der Waals surface area contributed by atoms with E-state index < -0.39 is 5.97 Å². The average Bonchev–Trinajstić information content (AvgIpc) is 1.94. The Hall–Kier alpha value is -0.360. The molecule has 0 amide bonds. The molecule has 1 rings (SSSR count). The van der Waals surface area contributed by atoms with Crippen molar-refractivity contribution in [3.63, 3.8) is 0 Å². The van der Waals surface area contributed by atoms with E-state index in [2.05, 4.69) is 12.2 Å². The number of aromatic carboxylic acids is 1. The second-order valence-electron chi connectivity index (χ2n) is 1.86. The van der Waals surface area contributed by atoms with Crippen LogP contribution in [0.4, 0.5) is 0 Å². The van der Waals surface area contributed by atoms with Crippen LogP contribution in [0.25, 0.3) is 0 Å². The minimum Gasteiger partial charge on any atom is -0.545 e. The van der Waals surface area contributed by atoms with Crippen LogP contribution in [0.5, 0.6) is 0 Å². The van der Waals surface area contributed by atoms with Crippen molar-refractivity contribution in [3.8, 4) is 0 Å². The molecule has 0 radical (unpaired) electrons. The molecule has 0 saturated carbocycles. The van der Waals surface area contributed by atoms with Gasteiger partial charge in [-0.15, -0.1) is 0 Å². The summed E-state index contributed by atoms with van der Waals surface area (Å²) < 4.78 is 0.396. The number of carbonyl (C=O) groups is 1.